The highest BCUT2D eigenvalue weighted by molar-refractivity contribution is 5.76. The first kappa shape index (κ1) is 18.9. The number of aromatic amines is 1. The van der Waals surface area contributed by atoms with Crippen molar-refractivity contribution in [3.63, 3.8) is 0 Å². The van der Waals surface area contributed by atoms with Gasteiger partial charge in [-0.2, -0.15) is 0 Å². The molecule has 1 aromatic heterocycles. The smallest absolute Gasteiger partial charge is 0.254 e. The number of amides is 1. The molecule has 1 amide bonds. The Bertz CT molecular complexity index is 771. The van der Waals surface area contributed by atoms with Crippen molar-refractivity contribution in [2.24, 2.45) is 0 Å². The minimum Gasteiger partial charge on any atom is -0.396 e. The van der Waals surface area contributed by atoms with Gasteiger partial charge in [0.25, 0.3) is 5.56 Å². The van der Waals surface area contributed by atoms with E-state index in [0.717, 1.165) is 5.56 Å². The predicted molar refractivity (Wildman–Crippen MR) is 96.3 cm³/mol. The normalized spacial score (nSPS) is 12.0. The number of carbonyl (C=O) groups is 1. The van der Waals surface area contributed by atoms with E-state index in [9.17, 15) is 14.7 Å². The summed E-state index contributed by atoms with van der Waals surface area (Å²) < 4.78 is 0. The van der Waals surface area contributed by atoms with Crippen LogP contribution >= 0.6 is 0 Å². The first-order valence-corrected chi connectivity index (χ1v) is 8.42. The average molecular weight is 343 g/mol. The van der Waals surface area contributed by atoms with Gasteiger partial charge in [-0.3, -0.25) is 9.59 Å². The van der Waals surface area contributed by atoms with E-state index in [1.54, 1.807) is 25.8 Å². The summed E-state index contributed by atoms with van der Waals surface area (Å²) in [7, 11) is 1.74. The lowest BCUT2D eigenvalue weighted by Crippen LogP contribution is -2.32. The van der Waals surface area contributed by atoms with Crippen LogP contribution in [0.3, 0.4) is 0 Å². The third-order valence-electron chi connectivity index (χ3n) is 4.38. The molecule has 1 unspecified atom stereocenters. The van der Waals surface area contributed by atoms with Gasteiger partial charge in [-0.15, -0.1) is 0 Å². The summed E-state index contributed by atoms with van der Waals surface area (Å²) in [6.45, 7) is 3.51. The molecule has 6 nitrogen and oxygen atoms in total. The summed E-state index contributed by atoms with van der Waals surface area (Å²) in [5.74, 6) is 0.503. The van der Waals surface area contributed by atoms with Gasteiger partial charge in [0.2, 0.25) is 5.91 Å². The third-order valence-corrected chi connectivity index (χ3v) is 4.38. The maximum Gasteiger partial charge on any atom is 0.254 e. The summed E-state index contributed by atoms with van der Waals surface area (Å²) >= 11 is 0. The minimum atomic E-state index is -0.186. The molecule has 0 radical (unpaired) electrons. The fraction of sp³-hybridized carbons (Fsp3) is 0.421. The van der Waals surface area contributed by atoms with Crippen molar-refractivity contribution in [2.45, 2.75) is 39.2 Å². The van der Waals surface area contributed by atoms with Gasteiger partial charge >= 0.3 is 0 Å². The van der Waals surface area contributed by atoms with Crippen LogP contribution in [0.4, 0.5) is 0 Å². The Hall–Kier alpha value is -2.47. The summed E-state index contributed by atoms with van der Waals surface area (Å²) in [5, 5.41) is 9.34. The van der Waals surface area contributed by atoms with Gasteiger partial charge < -0.3 is 15.0 Å². The van der Waals surface area contributed by atoms with Gasteiger partial charge in [-0.25, -0.2) is 4.98 Å². The van der Waals surface area contributed by atoms with E-state index in [1.807, 2.05) is 30.3 Å². The van der Waals surface area contributed by atoms with E-state index >= 15 is 0 Å². The predicted octanol–water partition coefficient (Wildman–Crippen LogP) is 1.90. The molecule has 0 aliphatic rings. The number of hydrogen-bond donors (Lipinski definition) is 2. The van der Waals surface area contributed by atoms with Crippen LogP contribution in [-0.2, 0) is 11.2 Å². The zero-order valence-electron chi connectivity index (χ0n) is 15.0. The van der Waals surface area contributed by atoms with Gasteiger partial charge in [0.1, 0.15) is 5.82 Å². The Morgan fingerprint density at radius 2 is 1.96 bits per heavy atom. The van der Waals surface area contributed by atoms with Crippen LogP contribution in [-0.4, -0.2) is 39.5 Å². The lowest BCUT2D eigenvalue weighted by molar-refractivity contribution is -0.132. The monoisotopic (exact) mass is 343 g/mol. The fourth-order valence-electron chi connectivity index (χ4n) is 3.01. The second-order valence-electron chi connectivity index (χ2n) is 6.16. The molecule has 2 rings (SSSR count). The number of aryl methyl sites for hydroxylation is 2. The van der Waals surface area contributed by atoms with Crippen molar-refractivity contribution in [1.29, 1.82) is 0 Å². The average Bonchev–Trinajstić information content (AvgIpc) is 2.58. The minimum absolute atomic E-state index is 0.00214. The van der Waals surface area contributed by atoms with Gasteiger partial charge in [-0.1, -0.05) is 30.3 Å². The lowest BCUT2D eigenvalue weighted by atomic mass is 10.0. The molecule has 2 aromatic rings. The van der Waals surface area contributed by atoms with Crippen molar-refractivity contribution in [3.05, 3.63) is 63.3 Å². The summed E-state index contributed by atoms with van der Waals surface area (Å²) in [4.78, 5) is 33.2. The van der Waals surface area contributed by atoms with Crippen molar-refractivity contribution in [1.82, 2.24) is 14.9 Å². The molecule has 1 heterocycles. The molecule has 0 fully saturated rings. The molecule has 0 spiro atoms. The molecule has 1 aromatic carbocycles. The molecule has 0 aliphatic heterocycles. The first-order chi connectivity index (χ1) is 11.9. The summed E-state index contributed by atoms with van der Waals surface area (Å²) in [6, 6.07) is 9.46. The Morgan fingerprint density at radius 3 is 2.56 bits per heavy atom. The number of aliphatic hydroxyl groups excluding tert-OH is 1. The molecule has 0 saturated heterocycles. The number of rotatable bonds is 7. The van der Waals surface area contributed by atoms with Crippen LogP contribution in [0.5, 0.6) is 0 Å². The Kier molecular flexibility index (Phi) is 6.47. The number of aromatic nitrogens is 2. The number of carbonyl (C=O) groups excluding carboxylic acids is 1. The first-order valence-electron chi connectivity index (χ1n) is 8.42. The van der Waals surface area contributed by atoms with E-state index in [2.05, 4.69) is 9.97 Å². The van der Waals surface area contributed by atoms with Gasteiger partial charge in [0, 0.05) is 31.3 Å². The number of hydrogen-bond acceptors (Lipinski definition) is 4. The molecule has 2 N–H and O–H groups in total. The van der Waals surface area contributed by atoms with Crippen LogP contribution in [0.2, 0.25) is 0 Å². The quantitative estimate of drug-likeness (QED) is 0.804. The number of H-pyrrole nitrogens is 1. The molecule has 1 atom stereocenters. The lowest BCUT2D eigenvalue weighted by Gasteiger charge is -2.28. The van der Waals surface area contributed by atoms with E-state index in [-0.39, 0.29) is 30.5 Å². The van der Waals surface area contributed by atoms with Crippen LogP contribution in [0.1, 0.15) is 41.5 Å². The largest absolute Gasteiger partial charge is 0.396 e. The number of nitrogens with zero attached hydrogens (tertiary/aromatic N) is 2. The summed E-state index contributed by atoms with van der Waals surface area (Å²) in [5.41, 5.74) is 2.01. The highest BCUT2D eigenvalue weighted by atomic mass is 16.3. The Morgan fingerprint density at radius 1 is 1.28 bits per heavy atom. The molecule has 0 bridgehead atoms. The molecular formula is C19H25N3O3. The molecule has 0 saturated carbocycles. The number of aliphatic hydroxyl groups is 1. The van der Waals surface area contributed by atoms with Crippen LogP contribution in [0.15, 0.2) is 35.1 Å². The highest BCUT2D eigenvalue weighted by Crippen LogP contribution is 2.23. The van der Waals surface area contributed by atoms with E-state index in [4.69, 9.17) is 0 Å². The van der Waals surface area contributed by atoms with Crippen molar-refractivity contribution in [2.75, 3.05) is 13.7 Å². The second-order valence-corrected chi connectivity index (χ2v) is 6.16. The van der Waals surface area contributed by atoms with Gasteiger partial charge in [0.05, 0.1) is 6.04 Å². The maximum absolute atomic E-state index is 12.6. The number of nitrogens with one attached hydrogen (secondary N) is 1. The summed E-state index contributed by atoms with van der Waals surface area (Å²) in [6.07, 6.45) is 1.04. The molecule has 0 aliphatic carbocycles. The molecule has 25 heavy (non-hydrogen) atoms. The third kappa shape index (κ3) is 4.76. The fourth-order valence-corrected chi connectivity index (χ4v) is 3.01. The Balaban J connectivity index is 2.10. The van der Waals surface area contributed by atoms with E-state index in [1.165, 1.54) is 0 Å². The van der Waals surface area contributed by atoms with Crippen molar-refractivity contribution >= 4 is 5.91 Å². The van der Waals surface area contributed by atoms with E-state index in [0.29, 0.717) is 29.9 Å². The van der Waals surface area contributed by atoms with Crippen molar-refractivity contribution < 1.29 is 9.90 Å². The highest BCUT2D eigenvalue weighted by Gasteiger charge is 2.21. The van der Waals surface area contributed by atoms with E-state index < -0.39 is 0 Å². The Labute approximate surface area is 147 Å². The zero-order valence-corrected chi connectivity index (χ0v) is 15.0. The topological polar surface area (TPSA) is 86.3 Å². The molecule has 134 valence electrons. The maximum atomic E-state index is 12.6. The van der Waals surface area contributed by atoms with Crippen LogP contribution in [0.25, 0.3) is 0 Å². The van der Waals surface area contributed by atoms with Gasteiger partial charge in [0.15, 0.2) is 0 Å². The zero-order chi connectivity index (χ0) is 18.4. The van der Waals surface area contributed by atoms with Crippen molar-refractivity contribution in [3.8, 4) is 0 Å². The standard InChI is InChI=1S/C19H25N3O3/c1-13-16(19(25)21-14(2)20-13)9-10-18(24)22(3)17(11-12-23)15-7-5-4-6-8-15/h4-8,17,23H,9-12H2,1-3H3,(H,20,21,25). The SMILES string of the molecule is Cc1nc(C)c(CCC(=O)N(C)C(CCO)c2ccccc2)c(=O)[nH]1. The molecule has 6 heteroatoms. The number of benzene rings is 1. The van der Waals surface area contributed by atoms with Gasteiger partial charge in [-0.05, 0) is 32.3 Å². The van der Waals surface area contributed by atoms with Crippen LogP contribution in [0, 0.1) is 13.8 Å². The molecular weight excluding hydrogens is 318 g/mol. The van der Waals surface area contributed by atoms with Crippen LogP contribution < -0.4 is 5.56 Å². The second kappa shape index (κ2) is 8.58.